The second-order valence-electron chi connectivity index (χ2n) is 2.75. The second-order valence-corrected chi connectivity index (χ2v) is 3.26. The Hall–Kier alpha value is -0.0100. The summed E-state index contributed by atoms with van der Waals surface area (Å²) in [6.45, 7) is 8.51. The molecule has 3 atom stereocenters. The molecule has 0 amide bonds. The van der Waals surface area contributed by atoms with Crippen molar-refractivity contribution in [2.24, 2.45) is 17.6 Å². The summed E-state index contributed by atoms with van der Waals surface area (Å²) in [5.74, 6) is 0.893. The van der Waals surface area contributed by atoms with Crippen LogP contribution in [0.5, 0.6) is 0 Å². The van der Waals surface area contributed by atoms with Gasteiger partial charge < -0.3 is 5.73 Å². The molecular weight excluding hydrogens is 146 g/mol. The molecule has 1 unspecified atom stereocenters. The van der Waals surface area contributed by atoms with Crippen LogP contribution in [0.25, 0.3) is 0 Å². The number of alkyl halides is 1. The first-order chi connectivity index (χ1) is 4.63. The van der Waals surface area contributed by atoms with Crippen LogP contribution in [0.15, 0.2) is 12.7 Å². The van der Waals surface area contributed by atoms with Crippen LogP contribution in [0.2, 0.25) is 0 Å². The van der Waals surface area contributed by atoms with Gasteiger partial charge in [0.15, 0.2) is 0 Å². The average molecular weight is 162 g/mol. The van der Waals surface area contributed by atoms with Crippen molar-refractivity contribution in [3.05, 3.63) is 12.7 Å². The molecule has 0 aliphatic carbocycles. The minimum atomic E-state index is 0.0542. The number of hydrogen-bond donors (Lipinski definition) is 1. The zero-order valence-corrected chi connectivity index (χ0v) is 7.43. The Bertz CT molecular complexity index is 103. The highest BCUT2D eigenvalue weighted by atomic mass is 35.5. The first-order valence-corrected chi connectivity index (χ1v) is 4.03. The molecule has 0 heterocycles. The van der Waals surface area contributed by atoms with Crippen LogP contribution < -0.4 is 5.73 Å². The largest absolute Gasteiger partial charge is 0.330 e. The molecule has 0 saturated carbocycles. The van der Waals surface area contributed by atoms with E-state index in [2.05, 4.69) is 20.4 Å². The third-order valence-corrected chi connectivity index (χ3v) is 2.57. The van der Waals surface area contributed by atoms with E-state index in [-0.39, 0.29) is 5.38 Å². The third kappa shape index (κ3) is 2.72. The Labute approximate surface area is 68.2 Å². The van der Waals surface area contributed by atoms with Crippen LogP contribution in [0.1, 0.15) is 13.8 Å². The topological polar surface area (TPSA) is 26.0 Å². The molecule has 0 saturated heterocycles. The van der Waals surface area contributed by atoms with Crippen molar-refractivity contribution < 1.29 is 0 Å². The first-order valence-electron chi connectivity index (χ1n) is 3.60. The third-order valence-electron chi connectivity index (χ3n) is 2.00. The van der Waals surface area contributed by atoms with E-state index in [0.29, 0.717) is 18.4 Å². The lowest BCUT2D eigenvalue weighted by Gasteiger charge is -2.20. The lowest BCUT2D eigenvalue weighted by Crippen LogP contribution is -2.24. The summed E-state index contributed by atoms with van der Waals surface area (Å²) in [7, 11) is 0. The van der Waals surface area contributed by atoms with E-state index in [1.807, 2.05) is 0 Å². The van der Waals surface area contributed by atoms with Gasteiger partial charge in [-0.2, -0.15) is 0 Å². The fourth-order valence-electron chi connectivity index (χ4n) is 0.743. The molecule has 0 aromatic carbocycles. The first kappa shape index (κ1) is 9.99. The number of allylic oxidation sites excluding steroid dienone is 1. The summed E-state index contributed by atoms with van der Waals surface area (Å²) in [6, 6.07) is 0. The molecule has 60 valence electrons. The van der Waals surface area contributed by atoms with Gasteiger partial charge in [0, 0.05) is 0 Å². The van der Waals surface area contributed by atoms with E-state index < -0.39 is 0 Å². The molecule has 0 radical (unpaired) electrons. The van der Waals surface area contributed by atoms with Crippen molar-refractivity contribution in [3.63, 3.8) is 0 Å². The van der Waals surface area contributed by atoms with Crippen LogP contribution in [0, 0.1) is 11.8 Å². The SMILES string of the molecule is C=CC(Cl)[C@H](C)[C@H](C)CN. The molecule has 2 heteroatoms. The van der Waals surface area contributed by atoms with Crippen LogP contribution in [0.3, 0.4) is 0 Å². The predicted molar refractivity (Wildman–Crippen MR) is 47.2 cm³/mol. The van der Waals surface area contributed by atoms with Crippen molar-refractivity contribution >= 4 is 11.6 Å². The zero-order valence-electron chi connectivity index (χ0n) is 6.68. The van der Waals surface area contributed by atoms with Crippen LogP contribution in [-0.2, 0) is 0 Å². The second kappa shape index (κ2) is 4.75. The minimum Gasteiger partial charge on any atom is -0.330 e. The standard InChI is InChI=1S/C8H16ClN/c1-4-8(9)7(3)6(2)5-10/h4,6-8H,1,5,10H2,2-3H3/t6-,7-,8?/m1/s1. The van der Waals surface area contributed by atoms with Gasteiger partial charge >= 0.3 is 0 Å². The monoisotopic (exact) mass is 161 g/mol. The molecule has 0 aliphatic heterocycles. The lowest BCUT2D eigenvalue weighted by atomic mass is 9.93. The highest BCUT2D eigenvalue weighted by Gasteiger charge is 2.16. The average Bonchev–Trinajstić information content (AvgIpc) is 2.00. The van der Waals surface area contributed by atoms with Crippen molar-refractivity contribution in [2.45, 2.75) is 19.2 Å². The van der Waals surface area contributed by atoms with E-state index in [1.165, 1.54) is 0 Å². The Morgan fingerprint density at radius 2 is 2.10 bits per heavy atom. The minimum absolute atomic E-state index is 0.0542. The maximum Gasteiger partial charge on any atom is 0.0541 e. The number of rotatable bonds is 4. The Balaban J connectivity index is 3.80. The zero-order chi connectivity index (χ0) is 8.15. The molecule has 0 bridgehead atoms. The fourth-order valence-corrected chi connectivity index (χ4v) is 0.992. The van der Waals surface area contributed by atoms with E-state index in [9.17, 15) is 0 Å². The maximum absolute atomic E-state index is 5.92. The van der Waals surface area contributed by atoms with Crippen molar-refractivity contribution in [3.8, 4) is 0 Å². The van der Waals surface area contributed by atoms with Gasteiger partial charge in [0.2, 0.25) is 0 Å². The van der Waals surface area contributed by atoms with Gasteiger partial charge in [0.1, 0.15) is 0 Å². The fraction of sp³-hybridized carbons (Fsp3) is 0.750. The molecule has 0 aromatic heterocycles. The highest BCUT2D eigenvalue weighted by molar-refractivity contribution is 6.21. The van der Waals surface area contributed by atoms with Gasteiger partial charge in [-0.3, -0.25) is 0 Å². The quantitative estimate of drug-likeness (QED) is 0.496. The van der Waals surface area contributed by atoms with Crippen LogP contribution in [0.4, 0.5) is 0 Å². The number of nitrogens with two attached hydrogens (primary N) is 1. The van der Waals surface area contributed by atoms with Crippen molar-refractivity contribution in [1.29, 1.82) is 0 Å². The Morgan fingerprint density at radius 3 is 2.40 bits per heavy atom. The van der Waals surface area contributed by atoms with E-state index in [0.717, 1.165) is 0 Å². The van der Waals surface area contributed by atoms with Crippen LogP contribution in [-0.4, -0.2) is 11.9 Å². The summed E-state index contributed by atoms with van der Waals surface area (Å²) in [4.78, 5) is 0. The van der Waals surface area contributed by atoms with Gasteiger partial charge in [-0.05, 0) is 18.4 Å². The Kier molecular flexibility index (Phi) is 4.75. The van der Waals surface area contributed by atoms with E-state index in [1.54, 1.807) is 6.08 Å². The summed E-state index contributed by atoms with van der Waals surface area (Å²) in [5.41, 5.74) is 5.47. The molecule has 0 aliphatic rings. The maximum atomic E-state index is 5.92. The normalized spacial score (nSPS) is 19.6. The lowest BCUT2D eigenvalue weighted by molar-refractivity contribution is 0.405. The predicted octanol–water partition coefficient (Wildman–Crippen LogP) is 2.01. The summed E-state index contributed by atoms with van der Waals surface area (Å²) in [5, 5.41) is 0.0542. The molecule has 0 aromatic rings. The smallest absolute Gasteiger partial charge is 0.0541 e. The number of hydrogen-bond acceptors (Lipinski definition) is 1. The molecule has 0 fully saturated rings. The van der Waals surface area contributed by atoms with E-state index >= 15 is 0 Å². The van der Waals surface area contributed by atoms with Crippen molar-refractivity contribution in [1.82, 2.24) is 0 Å². The summed E-state index contributed by atoms with van der Waals surface area (Å²) >= 11 is 5.92. The molecule has 0 rings (SSSR count). The molecule has 0 spiro atoms. The highest BCUT2D eigenvalue weighted by Crippen LogP contribution is 2.19. The molecule has 10 heavy (non-hydrogen) atoms. The van der Waals surface area contributed by atoms with Gasteiger partial charge in [0.25, 0.3) is 0 Å². The van der Waals surface area contributed by atoms with Crippen LogP contribution >= 0.6 is 11.6 Å². The number of halogens is 1. The summed E-state index contributed by atoms with van der Waals surface area (Å²) in [6.07, 6.45) is 1.76. The molecular formula is C8H16ClN. The van der Waals surface area contributed by atoms with Crippen molar-refractivity contribution in [2.75, 3.05) is 6.54 Å². The van der Waals surface area contributed by atoms with Gasteiger partial charge in [0.05, 0.1) is 5.38 Å². The van der Waals surface area contributed by atoms with Gasteiger partial charge in [-0.15, -0.1) is 18.2 Å². The van der Waals surface area contributed by atoms with E-state index in [4.69, 9.17) is 17.3 Å². The summed E-state index contributed by atoms with van der Waals surface area (Å²) < 4.78 is 0. The Morgan fingerprint density at radius 1 is 1.60 bits per heavy atom. The molecule has 2 N–H and O–H groups in total. The van der Waals surface area contributed by atoms with Gasteiger partial charge in [-0.25, -0.2) is 0 Å². The van der Waals surface area contributed by atoms with Gasteiger partial charge in [-0.1, -0.05) is 19.9 Å². The molecule has 1 nitrogen and oxygen atoms in total.